The average molecular weight is 296 g/mol. The molecule has 0 bridgehead atoms. The second-order valence-corrected chi connectivity index (χ2v) is 11.5. The zero-order chi connectivity index (χ0) is 14.3. The number of fused-ring (bicyclic) bond motifs is 1. The Hall–Kier alpha value is -1.08. The summed E-state index contributed by atoms with van der Waals surface area (Å²) in [6.07, 6.45) is 3.67. The molecule has 104 valence electrons. The molecule has 19 heavy (non-hydrogen) atoms. The SMILES string of the molecule is CSc1nc(O[Si](C)(C)C(C)(C)C)n2nccc2n1. The molecule has 0 spiro atoms. The maximum Gasteiger partial charge on any atom is 0.308 e. The first kappa shape index (κ1) is 14.3. The van der Waals surface area contributed by atoms with Crippen LogP contribution in [0.1, 0.15) is 20.8 Å². The van der Waals surface area contributed by atoms with Crippen LogP contribution in [-0.2, 0) is 0 Å². The third kappa shape index (κ3) is 2.76. The Morgan fingerprint density at radius 1 is 1.26 bits per heavy atom. The van der Waals surface area contributed by atoms with Gasteiger partial charge in [0.1, 0.15) is 0 Å². The van der Waals surface area contributed by atoms with Gasteiger partial charge in [-0.1, -0.05) is 32.5 Å². The van der Waals surface area contributed by atoms with Gasteiger partial charge in [0.15, 0.2) is 10.8 Å². The van der Waals surface area contributed by atoms with E-state index in [0.717, 1.165) is 5.65 Å². The summed E-state index contributed by atoms with van der Waals surface area (Å²) in [5, 5.41) is 5.07. The maximum absolute atomic E-state index is 6.26. The van der Waals surface area contributed by atoms with Crippen LogP contribution in [0, 0.1) is 0 Å². The number of aromatic nitrogens is 4. The van der Waals surface area contributed by atoms with E-state index in [0.29, 0.717) is 11.2 Å². The van der Waals surface area contributed by atoms with Crippen molar-refractivity contribution in [1.29, 1.82) is 0 Å². The third-order valence-electron chi connectivity index (χ3n) is 3.54. The molecule has 0 saturated carbocycles. The molecule has 0 amide bonds. The number of thioether (sulfide) groups is 1. The fourth-order valence-electron chi connectivity index (χ4n) is 1.32. The van der Waals surface area contributed by atoms with Crippen LogP contribution in [0.2, 0.25) is 18.1 Å². The van der Waals surface area contributed by atoms with Crippen molar-refractivity contribution >= 4 is 25.7 Å². The van der Waals surface area contributed by atoms with Gasteiger partial charge in [-0.2, -0.15) is 14.6 Å². The summed E-state index contributed by atoms with van der Waals surface area (Å²) < 4.78 is 7.92. The van der Waals surface area contributed by atoms with Crippen molar-refractivity contribution < 1.29 is 4.43 Å². The Bertz CT molecular complexity index is 591. The van der Waals surface area contributed by atoms with Gasteiger partial charge in [-0.3, -0.25) is 0 Å². The molecule has 0 aliphatic heterocycles. The molecule has 0 aliphatic carbocycles. The Balaban J connectivity index is 2.47. The first-order chi connectivity index (χ1) is 8.74. The molecule has 2 rings (SSSR count). The van der Waals surface area contributed by atoms with Crippen LogP contribution in [0.3, 0.4) is 0 Å². The minimum atomic E-state index is -1.93. The quantitative estimate of drug-likeness (QED) is 0.643. The van der Waals surface area contributed by atoms with Crippen LogP contribution in [0.4, 0.5) is 0 Å². The molecule has 0 N–H and O–H groups in total. The molecule has 0 fully saturated rings. The molecular weight excluding hydrogens is 276 g/mol. The van der Waals surface area contributed by atoms with Gasteiger partial charge in [0, 0.05) is 6.07 Å². The van der Waals surface area contributed by atoms with Gasteiger partial charge >= 0.3 is 6.01 Å². The first-order valence-corrected chi connectivity index (χ1v) is 10.3. The van der Waals surface area contributed by atoms with Crippen molar-refractivity contribution in [2.75, 3.05) is 6.26 Å². The van der Waals surface area contributed by atoms with Gasteiger partial charge in [-0.05, 0) is 24.4 Å². The molecule has 0 saturated heterocycles. The minimum absolute atomic E-state index is 0.122. The van der Waals surface area contributed by atoms with E-state index in [1.807, 2.05) is 12.3 Å². The lowest BCUT2D eigenvalue weighted by molar-refractivity contribution is 0.436. The van der Waals surface area contributed by atoms with E-state index < -0.39 is 8.32 Å². The second kappa shape index (κ2) is 4.79. The molecule has 5 nitrogen and oxygen atoms in total. The lowest BCUT2D eigenvalue weighted by Gasteiger charge is -2.35. The van der Waals surface area contributed by atoms with Crippen molar-refractivity contribution in [2.24, 2.45) is 0 Å². The van der Waals surface area contributed by atoms with Crippen LogP contribution in [-0.4, -0.2) is 34.2 Å². The van der Waals surface area contributed by atoms with Gasteiger partial charge in [-0.15, -0.1) is 0 Å². The highest BCUT2D eigenvalue weighted by molar-refractivity contribution is 7.98. The molecule has 7 heteroatoms. The number of nitrogens with zero attached hydrogens (tertiary/aromatic N) is 4. The fourth-order valence-corrected chi connectivity index (χ4v) is 2.57. The number of rotatable bonds is 3. The van der Waals surface area contributed by atoms with Crippen LogP contribution in [0.15, 0.2) is 17.4 Å². The molecular formula is C12H20N4OSSi. The van der Waals surface area contributed by atoms with Crippen LogP contribution in [0.25, 0.3) is 5.65 Å². The number of hydrogen-bond donors (Lipinski definition) is 0. The zero-order valence-electron chi connectivity index (χ0n) is 12.3. The highest BCUT2D eigenvalue weighted by Crippen LogP contribution is 2.37. The van der Waals surface area contributed by atoms with Gasteiger partial charge < -0.3 is 4.43 Å². The van der Waals surface area contributed by atoms with Crippen LogP contribution >= 0.6 is 11.8 Å². The van der Waals surface area contributed by atoms with E-state index in [2.05, 4.69) is 48.9 Å². The summed E-state index contributed by atoms with van der Waals surface area (Å²) in [7, 11) is -1.93. The molecule has 0 radical (unpaired) electrons. The molecule has 2 aromatic heterocycles. The van der Waals surface area contributed by atoms with Crippen molar-refractivity contribution in [3.8, 4) is 6.01 Å². The molecule has 2 aromatic rings. The van der Waals surface area contributed by atoms with Crippen molar-refractivity contribution in [3.63, 3.8) is 0 Å². The second-order valence-electron chi connectivity index (χ2n) is 5.96. The summed E-state index contributed by atoms with van der Waals surface area (Å²) in [6.45, 7) is 11.0. The monoisotopic (exact) mass is 296 g/mol. The van der Waals surface area contributed by atoms with Gasteiger partial charge in [0.2, 0.25) is 0 Å². The van der Waals surface area contributed by atoms with E-state index in [1.165, 1.54) is 11.8 Å². The summed E-state index contributed by atoms with van der Waals surface area (Å²) in [5.74, 6) is 0. The van der Waals surface area contributed by atoms with Crippen LogP contribution < -0.4 is 4.43 Å². The highest BCUT2D eigenvalue weighted by Gasteiger charge is 2.40. The fraction of sp³-hybridized carbons (Fsp3) is 0.583. The Morgan fingerprint density at radius 3 is 2.53 bits per heavy atom. The van der Waals surface area contributed by atoms with Crippen molar-refractivity contribution in [1.82, 2.24) is 19.6 Å². The molecule has 0 atom stereocenters. The standard InChI is InChI=1S/C12H20N4OSSi/c1-12(2,3)19(5,6)17-11-15-10(18-4)14-9-7-8-13-16(9)11/h7-8H,1-6H3. The lowest BCUT2D eigenvalue weighted by atomic mass is 10.2. The molecule has 0 unspecified atom stereocenters. The lowest BCUT2D eigenvalue weighted by Crippen LogP contribution is -2.44. The smallest absolute Gasteiger partial charge is 0.308 e. The van der Waals surface area contributed by atoms with Crippen molar-refractivity contribution in [2.45, 2.75) is 44.1 Å². The van der Waals surface area contributed by atoms with Gasteiger partial charge in [-0.25, -0.2) is 4.98 Å². The van der Waals surface area contributed by atoms with Crippen LogP contribution in [0.5, 0.6) is 6.01 Å². The number of hydrogen-bond acceptors (Lipinski definition) is 5. The minimum Gasteiger partial charge on any atom is -0.517 e. The summed E-state index contributed by atoms with van der Waals surface area (Å²) >= 11 is 1.51. The van der Waals surface area contributed by atoms with E-state index in [4.69, 9.17) is 4.43 Å². The predicted molar refractivity (Wildman–Crippen MR) is 80.4 cm³/mol. The van der Waals surface area contributed by atoms with Crippen molar-refractivity contribution in [3.05, 3.63) is 12.3 Å². The van der Waals surface area contributed by atoms with E-state index >= 15 is 0 Å². The summed E-state index contributed by atoms with van der Waals surface area (Å²) in [4.78, 5) is 8.85. The Morgan fingerprint density at radius 2 is 1.95 bits per heavy atom. The maximum atomic E-state index is 6.26. The predicted octanol–water partition coefficient (Wildman–Crippen LogP) is 3.23. The van der Waals surface area contributed by atoms with Gasteiger partial charge in [0.05, 0.1) is 6.20 Å². The zero-order valence-corrected chi connectivity index (χ0v) is 14.1. The Labute approximate surface area is 118 Å². The highest BCUT2D eigenvalue weighted by atomic mass is 32.2. The normalized spacial score (nSPS) is 12.9. The topological polar surface area (TPSA) is 52.3 Å². The largest absolute Gasteiger partial charge is 0.517 e. The van der Waals surface area contributed by atoms with E-state index in [1.54, 1.807) is 10.7 Å². The van der Waals surface area contributed by atoms with E-state index in [9.17, 15) is 0 Å². The molecule has 0 aromatic carbocycles. The summed E-state index contributed by atoms with van der Waals surface area (Å²) in [5.41, 5.74) is 0.771. The van der Waals surface area contributed by atoms with E-state index in [-0.39, 0.29) is 5.04 Å². The molecule has 2 heterocycles. The Kier molecular flexibility index (Phi) is 3.61. The molecule has 0 aliphatic rings. The summed E-state index contributed by atoms with van der Waals surface area (Å²) in [6, 6.07) is 2.41. The first-order valence-electron chi connectivity index (χ1n) is 6.19. The third-order valence-corrected chi connectivity index (χ3v) is 8.39. The van der Waals surface area contributed by atoms with Gasteiger partial charge in [0.25, 0.3) is 8.32 Å². The average Bonchev–Trinajstić information content (AvgIpc) is 2.75.